The summed E-state index contributed by atoms with van der Waals surface area (Å²) in [4.78, 5) is 6.72. The molecular weight excluding hydrogens is 312 g/mol. The Balaban J connectivity index is 2.10. The third-order valence-corrected chi connectivity index (χ3v) is 3.86. The van der Waals surface area contributed by atoms with Crippen LogP contribution in [-0.2, 0) is 11.3 Å². The van der Waals surface area contributed by atoms with Crippen molar-refractivity contribution in [2.75, 3.05) is 39.2 Å². The van der Waals surface area contributed by atoms with Crippen molar-refractivity contribution in [3.63, 3.8) is 0 Å². The number of alkyl halides is 1. The van der Waals surface area contributed by atoms with E-state index in [1.54, 1.807) is 20.4 Å². The molecule has 0 radical (unpaired) electrons. The van der Waals surface area contributed by atoms with E-state index in [0.29, 0.717) is 5.75 Å². The van der Waals surface area contributed by atoms with Gasteiger partial charge in [-0.3, -0.25) is 9.88 Å². The van der Waals surface area contributed by atoms with Gasteiger partial charge >= 0.3 is 0 Å². The van der Waals surface area contributed by atoms with E-state index in [0.717, 1.165) is 43.0 Å². The summed E-state index contributed by atoms with van der Waals surface area (Å²) in [5.41, 5.74) is 0.900. The number of morpholine rings is 1. The second-order valence-corrected chi connectivity index (χ2v) is 5.02. The van der Waals surface area contributed by atoms with Crippen LogP contribution in [0, 0.1) is 0 Å². The van der Waals surface area contributed by atoms with Crippen LogP contribution >= 0.6 is 15.9 Å². The van der Waals surface area contributed by atoms with E-state index in [-0.39, 0.29) is 6.10 Å². The van der Waals surface area contributed by atoms with E-state index in [1.165, 1.54) is 0 Å². The summed E-state index contributed by atoms with van der Waals surface area (Å²) < 4.78 is 16.3. The van der Waals surface area contributed by atoms with Gasteiger partial charge in [-0.15, -0.1) is 0 Å². The number of ether oxygens (including phenoxy) is 3. The number of nitrogens with zero attached hydrogens (tertiary/aromatic N) is 2. The molecule has 1 fully saturated rings. The number of aromatic nitrogens is 1. The molecule has 0 amide bonds. The summed E-state index contributed by atoms with van der Waals surface area (Å²) in [5.74, 6) is 1.43. The Bertz CT molecular complexity index is 417. The normalized spacial score (nSPS) is 20.3. The van der Waals surface area contributed by atoms with Crippen molar-refractivity contribution in [1.29, 1.82) is 0 Å². The van der Waals surface area contributed by atoms with Crippen LogP contribution in [0.5, 0.6) is 11.5 Å². The Hall–Kier alpha value is -0.850. The van der Waals surface area contributed by atoms with Gasteiger partial charge in [0.2, 0.25) is 0 Å². The molecule has 106 valence electrons. The Morgan fingerprint density at radius 2 is 2.32 bits per heavy atom. The van der Waals surface area contributed by atoms with Crippen LogP contribution in [-0.4, -0.2) is 55.2 Å². The molecule has 0 aliphatic carbocycles. The van der Waals surface area contributed by atoms with Crippen molar-refractivity contribution in [3.8, 4) is 11.5 Å². The summed E-state index contributed by atoms with van der Waals surface area (Å²) in [6, 6.07) is 1.81. The van der Waals surface area contributed by atoms with E-state index in [4.69, 9.17) is 14.2 Å². The number of pyridine rings is 1. The molecule has 6 heteroatoms. The topological polar surface area (TPSA) is 43.8 Å². The SMILES string of the molecule is COc1ccnc(CN2CCOC(CBr)C2)c1OC. The van der Waals surface area contributed by atoms with Crippen molar-refractivity contribution in [1.82, 2.24) is 9.88 Å². The van der Waals surface area contributed by atoms with E-state index in [9.17, 15) is 0 Å². The van der Waals surface area contributed by atoms with Crippen LogP contribution in [0.25, 0.3) is 0 Å². The molecule has 2 rings (SSSR count). The molecule has 1 aliphatic heterocycles. The molecule has 5 nitrogen and oxygen atoms in total. The molecule has 19 heavy (non-hydrogen) atoms. The zero-order chi connectivity index (χ0) is 13.7. The molecule has 0 aromatic carbocycles. The standard InChI is InChI=1S/C13H19BrN2O3/c1-17-12-3-4-15-11(13(12)18-2)9-16-5-6-19-10(7-14)8-16/h3-4,10H,5-9H2,1-2H3. The van der Waals surface area contributed by atoms with Crippen LogP contribution in [0.3, 0.4) is 0 Å². The van der Waals surface area contributed by atoms with Gasteiger partial charge in [-0.05, 0) is 0 Å². The maximum absolute atomic E-state index is 5.63. The van der Waals surface area contributed by atoms with Gasteiger partial charge in [-0.2, -0.15) is 0 Å². The molecule has 1 atom stereocenters. The fourth-order valence-corrected chi connectivity index (χ4v) is 2.58. The number of methoxy groups -OCH3 is 2. The van der Waals surface area contributed by atoms with E-state index < -0.39 is 0 Å². The largest absolute Gasteiger partial charge is 0.493 e. The first-order valence-electron chi connectivity index (χ1n) is 6.24. The molecule has 0 saturated carbocycles. The minimum atomic E-state index is 0.241. The van der Waals surface area contributed by atoms with Crippen LogP contribution in [0.1, 0.15) is 5.69 Å². The summed E-state index contributed by atoms with van der Waals surface area (Å²) in [7, 11) is 3.28. The molecular formula is C13H19BrN2O3. The average Bonchev–Trinajstić information content (AvgIpc) is 2.47. The van der Waals surface area contributed by atoms with Gasteiger partial charge in [0.25, 0.3) is 0 Å². The van der Waals surface area contributed by atoms with Gasteiger partial charge < -0.3 is 14.2 Å². The van der Waals surface area contributed by atoms with Crippen LogP contribution in [0.15, 0.2) is 12.3 Å². The van der Waals surface area contributed by atoms with Crippen LogP contribution in [0.4, 0.5) is 0 Å². The van der Waals surface area contributed by atoms with Crippen molar-refractivity contribution in [2.24, 2.45) is 0 Å². The summed E-state index contributed by atoms with van der Waals surface area (Å²) in [6.45, 7) is 3.30. The molecule has 2 heterocycles. The third kappa shape index (κ3) is 3.58. The minimum absolute atomic E-state index is 0.241. The summed E-state index contributed by atoms with van der Waals surface area (Å²) in [5, 5.41) is 0.853. The fourth-order valence-electron chi connectivity index (χ4n) is 2.19. The zero-order valence-electron chi connectivity index (χ0n) is 11.3. The smallest absolute Gasteiger partial charge is 0.183 e. The van der Waals surface area contributed by atoms with Crippen molar-refractivity contribution >= 4 is 15.9 Å². The molecule has 1 aromatic heterocycles. The predicted molar refractivity (Wildman–Crippen MR) is 76.2 cm³/mol. The highest BCUT2D eigenvalue weighted by Gasteiger charge is 2.22. The molecule has 1 aromatic rings. The van der Waals surface area contributed by atoms with Gasteiger partial charge in [-0.1, -0.05) is 15.9 Å². The first-order valence-corrected chi connectivity index (χ1v) is 7.36. The monoisotopic (exact) mass is 330 g/mol. The van der Waals surface area contributed by atoms with Crippen LogP contribution < -0.4 is 9.47 Å². The summed E-state index contributed by atoms with van der Waals surface area (Å²) >= 11 is 3.46. The Morgan fingerprint density at radius 3 is 3.00 bits per heavy atom. The van der Waals surface area contributed by atoms with Gasteiger partial charge in [0.15, 0.2) is 11.5 Å². The first-order chi connectivity index (χ1) is 9.28. The van der Waals surface area contributed by atoms with Crippen molar-refractivity contribution in [3.05, 3.63) is 18.0 Å². The zero-order valence-corrected chi connectivity index (χ0v) is 12.9. The maximum atomic E-state index is 5.63. The predicted octanol–water partition coefficient (Wildman–Crippen LogP) is 1.69. The highest BCUT2D eigenvalue weighted by atomic mass is 79.9. The van der Waals surface area contributed by atoms with Crippen LogP contribution in [0.2, 0.25) is 0 Å². The minimum Gasteiger partial charge on any atom is -0.493 e. The Labute approximate surface area is 122 Å². The van der Waals surface area contributed by atoms with Crippen molar-refractivity contribution in [2.45, 2.75) is 12.6 Å². The lowest BCUT2D eigenvalue weighted by atomic mass is 10.2. The number of hydrogen-bond donors (Lipinski definition) is 0. The van der Waals surface area contributed by atoms with Gasteiger partial charge in [-0.25, -0.2) is 0 Å². The molecule has 0 N–H and O–H groups in total. The summed E-state index contributed by atoms with van der Waals surface area (Å²) in [6.07, 6.45) is 1.99. The highest BCUT2D eigenvalue weighted by molar-refractivity contribution is 9.09. The number of halogens is 1. The number of rotatable bonds is 5. The van der Waals surface area contributed by atoms with Gasteiger partial charge in [0.05, 0.1) is 26.9 Å². The molecule has 1 unspecified atom stereocenters. The van der Waals surface area contributed by atoms with Crippen molar-refractivity contribution < 1.29 is 14.2 Å². The van der Waals surface area contributed by atoms with E-state index in [1.807, 2.05) is 6.07 Å². The van der Waals surface area contributed by atoms with Gasteiger partial charge in [0, 0.05) is 37.2 Å². The molecule has 1 saturated heterocycles. The maximum Gasteiger partial charge on any atom is 0.183 e. The molecule has 0 spiro atoms. The lowest BCUT2D eigenvalue weighted by Gasteiger charge is -2.32. The first kappa shape index (κ1) is 14.6. The molecule has 1 aliphatic rings. The lowest BCUT2D eigenvalue weighted by Crippen LogP contribution is -2.42. The fraction of sp³-hybridized carbons (Fsp3) is 0.615. The Kier molecular flexibility index (Phi) is 5.42. The molecule has 0 bridgehead atoms. The highest BCUT2D eigenvalue weighted by Crippen LogP contribution is 2.30. The van der Waals surface area contributed by atoms with Gasteiger partial charge in [0.1, 0.15) is 5.69 Å². The van der Waals surface area contributed by atoms with E-state index >= 15 is 0 Å². The third-order valence-electron chi connectivity index (χ3n) is 3.13. The average molecular weight is 331 g/mol. The lowest BCUT2D eigenvalue weighted by molar-refractivity contribution is -0.0187. The number of hydrogen-bond acceptors (Lipinski definition) is 5. The second-order valence-electron chi connectivity index (χ2n) is 4.38. The Morgan fingerprint density at radius 1 is 1.47 bits per heavy atom. The van der Waals surface area contributed by atoms with E-state index in [2.05, 4.69) is 25.8 Å². The quantitative estimate of drug-likeness (QED) is 0.769. The second kappa shape index (κ2) is 7.07.